The molecule has 4 rings (SSSR count). The van der Waals surface area contributed by atoms with Crippen molar-refractivity contribution >= 4 is 35.3 Å². The van der Waals surface area contributed by atoms with E-state index < -0.39 is 24.0 Å². The first-order valence-corrected chi connectivity index (χ1v) is 10.0. The van der Waals surface area contributed by atoms with Crippen molar-refractivity contribution in [3.05, 3.63) is 33.7 Å². The van der Waals surface area contributed by atoms with Crippen molar-refractivity contribution in [1.29, 1.82) is 0 Å². The highest BCUT2D eigenvalue weighted by molar-refractivity contribution is 7.09. The number of likely N-dealkylation sites (tertiary alicyclic amines) is 1. The van der Waals surface area contributed by atoms with Crippen LogP contribution >= 0.6 is 11.3 Å². The van der Waals surface area contributed by atoms with Crippen LogP contribution in [0.25, 0.3) is 0 Å². The lowest BCUT2D eigenvalue weighted by atomic mass is 9.79. The van der Waals surface area contributed by atoms with Gasteiger partial charge in [-0.05, 0) is 29.9 Å². The number of rotatable bonds is 6. The molecule has 4 heterocycles. The summed E-state index contributed by atoms with van der Waals surface area (Å²) in [7, 11) is 0. The average Bonchev–Trinajstić information content (AvgIpc) is 3.30. The van der Waals surface area contributed by atoms with Crippen LogP contribution in [0, 0.1) is 5.92 Å². The van der Waals surface area contributed by atoms with E-state index in [9.17, 15) is 24.3 Å². The first-order valence-electron chi connectivity index (χ1n) is 9.16. The van der Waals surface area contributed by atoms with Gasteiger partial charge in [0.2, 0.25) is 0 Å². The van der Waals surface area contributed by atoms with Crippen molar-refractivity contribution in [3.8, 4) is 0 Å². The lowest BCUT2D eigenvalue weighted by Crippen LogP contribution is -2.70. The quantitative estimate of drug-likeness (QED) is 0.567. The Morgan fingerprint density at radius 1 is 1.38 bits per heavy atom. The number of hydrogen-bond acceptors (Lipinski definition) is 6. The van der Waals surface area contributed by atoms with Crippen molar-refractivity contribution in [3.63, 3.8) is 0 Å². The first kappa shape index (κ1) is 19.2. The second kappa shape index (κ2) is 7.39. The van der Waals surface area contributed by atoms with Gasteiger partial charge in [-0.25, -0.2) is 14.4 Å². The molecule has 0 saturated carbocycles. The smallest absolute Gasteiger partial charge is 0.404 e. The maximum absolute atomic E-state index is 12.7. The summed E-state index contributed by atoms with van der Waals surface area (Å²) in [5.74, 6) is -1.81. The molecule has 0 aliphatic carbocycles. The Morgan fingerprint density at radius 3 is 2.83 bits per heavy atom. The van der Waals surface area contributed by atoms with Crippen LogP contribution in [0.4, 0.5) is 9.59 Å². The van der Waals surface area contributed by atoms with Crippen molar-refractivity contribution in [2.24, 2.45) is 11.7 Å². The Hall–Kier alpha value is -3.08. The fourth-order valence-electron chi connectivity index (χ4n) is 4.38. The number of aliphatic carboxylic acids is 1. The second-order valence-corrected chi connectivity index (χ2v) is 8.22. The van der Waals surface area contributed by atoms with E-state index >= 15 is 0 Å². The van der Waals surface area contributed by atoms with Gasteiger partial charge in [-0.15, -0.1) is 11.3 Å². The molecule has 154 valence electrons. The Kier molecular flexibility index (Phi) is 4.91. The van der Waals surface area contributed by atoms with E-state index in [-0.39, 0.29) is 30.3 Å². The number of thiophene rings is 1. The number of ether oxygens (including phenoxy) is 1. The van der Waals surface area contributed by atoms with Gasteiger partial charge in [0.05, 0.1) is 6.04 Å². The van der Waals surface area contributed by atoms with Gasteiger partial charge in [0.15, 0.2) is 0 Å². The van der Waals surface area contributed by atoms with Gasteiger partial charge in [0.1, 0.15) is 18.3 Å². The molecule has 29 heavy (non-hydrogen) atoms. The molecule has 0 radical (unpaired) electrons. The third kappa shape index (κ3) is 3.31. The fourth-order valence-corrected chi connectivity index (χ4v) is 5.09. The molecule has 3 aliphatic rings. The minimum Gasteiger partial charge on any atom is -0.477 e. The molecule has 3 aliphatic heterocycles. The van der Waals surface area contributed by atoms with Crippen LogP contribution in [0.2, 0.25) is 0 Å². The van der Waals surface area contributed by atoms with E-state index in [0.717, 1.165) is 4.88 Å². The number of carboxylic acids is 1. The summed E-state index contributed by atoms with van der Waals surface area (Å²) >= 11 is 1.61. The molecule has 0 unspecified atom stereocenters. The number of hydrogen-bond donors (Lipinski definition) is 3. The normalized spacial score (nSPS) is 24.8. The molecule has 0 spiro atoms. The maximum atomic E-state index is 12.7. The number of primary amides is 1. The number of β-lactam (4-membered cyclic amide) rings is 1. The van der Waals surface area contributed by atoms with Gasteiger partial charge in [-0.1, -0.05) is 6.07 Å². The summed E-state index contributed by atoms with van der Waals surface area (Å²) in [6, 6.07) is 2.58. The van der Waals surface area contributed by atoms with E-state index in [1.165, 1.54) is 9.80 Å². The van der Waals surface area contributed by atoms with Crippen LogP contribution in [0.5, 0.6) is 0 Å². The van der Waals surface area contributed by atoms with E-state index in [1.807, 2.05) is 17.5 Å². The Morgan fingerprint density at radius 2 is 2.17 bits per heavy atom. The standard InChI is InChI=1S/C18H20N4O6S/c19-17(26)28-8-10-6-9-7-21(18(27)20-4-3-11-2-1-5-29-11)14-12(9)22(15(14)23)13(10)16(24)25/h1-2,5,9,12,14H,3-4,6-8H2,(H2,19,26)(H,20,27)(H,24,25)/t9-,12-,14+/m1/s1. The zero-order valence-corrected chi connectivity index (χ0v) is 16.2. The maximum Gasteiger partial charge on any atom is 0.404 e. The lowest BCUT2D eigenvalue weighted by Gasteiger charge is -2.49. The van der Waals surface area contributed by atoms with Crippen LogP contribution in [0.1, 0.15) is 11.3 Å². The Balaban J connectivity index is 1.45. The Bertz CT molecular complexity index is 898. The van der Waals surface area contributed by atoms with E-state index in [4.69, 9.17) is 10.5 Å². The van der Waals surface area contributed by atoms with Gasteiger partial charge in [-0.2, -0.15) is 0 Å². The lowest BCUT2D eigenvalue weighted by molar-refractivity contribution is -0.156. The summed E-state index contributed by atoms with van der Waals surface area (Å²) < 4.78 is 4.76. The van der Waals surface area contributed by atoms with E-state index in [1.54, 1.807) is 11.3 Å². The molecule has 10 nitrogen and oxygen atoms in total. The number of carbonyl (C=O) groups excluding carboxylic acids is 3. The Labute approximate surface area is 169 Å². The van der Waals surface area contributed by atoms with Gasteiger partial charge < -0.3 is 25.8 Å². The van der Waals surface area contributed by atoms with E-state index in [2.05, 4.69) is 5.32 Å². The van der Waals surface area contributed by atoms with Gasteiger partial charge in [0, 0.05) is 23.9 Å². The molecule has 4 amide bonds. The minimum absolute atomic E-state index is 0.115. The summed E-state index contributed by atoms with van der Waals surface area (Å²) in [4.78, 5) is 51.9. The third-order valence-corrected chi connectivity index (χ3v) is 6.46. The number of carbonyl (C=O) groups is 4. The summed E-state index contributed by atoms with van der Waals surface area (Å²) in [6.07, 6.45) is 0.00263. The number of urea groups is 1. The highest BCUT2D eigenvalue weighted by Gasteiger charge is 2.64. The van der Waals surface area contributed by atoms with Crippen molar-refractivity contribution in [2.45, 2.75) is 24.9 Å². The molecule has 2 saturated heterocycles. The average molecular weight is 420 g/mol. The molecule has 0 bridgehead atoms. The second-order valence-electron chi connectivity index (χ2n) is 7.19. The van der Waals surface area contributed by atoms with Gasteiger partial charge in [-0.3, -0.25) is 9.69 Å². The third-order valence-electron chi connectivity index (χ3n) is 5.53. The minimum atomic E-state index is -1.27. The van der Waals surface area contributed by atoms with Crippen LogP contribution in [0.3, 0.4) is 0 Å². The molecule has 1 aromatic rings. The largest absolute Gasteiger partial charge is 0.477 e. The monoisotopic (exact) mass is 420 g/mol. The molecule has 2 fully saturated rings. The SMILES string of the molecule is NC(=O)OCC1=C(C(=O)O)N2C(=O)[C@@H]3[C@H]2[C@H](C1)CN3C(=O)NCCc1cccs1. The van der Waals surface area contributed by atoms with Crippen LogP contribution in [0.15, 0.2) is 28.8 Å². The fraction of sp³-hybridized carbons (Fsp3) is 0.444. The highest BCUT2D eigenvalue weighted by atomic mass is 32.1. The molecular formula is C18H20N4O6S. The zero-order chi connectivity index (χ0) is 20.7. The topological polar surface area (TPSA) is 142 Å². The van der Waals surface area contributed by atoms with Crippen molar-refractivity contribution < 1.29 is 29.0 Å². The number of nitrogens with two attached hydrogens (primary N) is 1. The predicted molar refractivity (Wildman–Crippen MR) is 101 cm³/mol. The number of carboxylic acid groups (broad SMARTS) is 1. The van der Waals surface area contributed by atoms with Crippen LogP contribution < -0.4 is 11.1 Å². The van der Waals surface area contributed by atoms with E-state index in [0.29, 0.717) is 31.5 Å². The molecular weight excluding hydrogens is 400 g/mol. The van der Waals surface area contributed by atoms with Gasteiger partial charge >= 0.3 is 18.1 Å². The zero-order valence-electron chi connectivity index (χ0n) is 15.4. The first-order chi connectivity index (χ1) is 13.9. The van der Waals surface area contributed by atoms with Crippen molar-refractivity contribution in [2.75, 3.05) is 19.7 Å². The molecule has 0 aromatic carbocycles. The number of amides is 4. The number of nitrogens with one attached hydrogen (secondary N) is 1. The number of nitrogens with zero attached hydrogens (tertiary/aromatic N) is 2. The summed E-state index contributed by atoms with van der Waals surface area (Å²) in [5.41, 5.74) is 5.13. The van der Waals surface area contributed by atoms with Crippen LogP contribution in [-0.4, -0.2) is 70.7 Å². The summed E-state index contributed by atoms with van der Waals surface area (Å²) in [5, 5.41) is 14.4. The molecule has 4 N–H and O–H groups in total. The molecule has 11 heteroatoms. The highest BCUT2D eigenvalue weighted by Crippen LogP contribution is 2.47. The van der Waals surface area contributed by atoms with Crippen LogP contribution in [-0.2, 0) is 20.7 Å². The predicted octanol–water partition coefficient (Wildman–Crippen LogP) is 0.349. The van der Waals surface area contributed by atoms with Crippen molar-refractivity contribution in [1.82, 2.24) is 15.1 Å². The summed E-state index contributed by atoms with van der Waals surface area (Å²) in [6.45, 7) is 0.489. The molecule has 1 aromatic heterocycles. The van der Waals surface area contributed by atoms with Gasteiger partial charge in [0.25, 0.3) is 5.91 Å². The molecule has 3 atom stereocenters.